The largest absolute Gasteiger partial charge is 0.157 e. The van der Waals surface area contributed by atoms with Crippen molar-refractivity contribution in [3.05, 3.63) is 39.7 Å². The van der Waals surface area contributed by atoms with Gasteiger partial charge < -0.3 is 0 Å². The molecule has 0 saturated heterocycles. The summed E-state index contributed by atoms with van der Waals surface area (Å²) < 4.78 is 1.16. The van der Waals surface area contributed by atoms with Gasteiger partial charge in [0.15, 0.2) is 0 Å². The van der Waals surface area contributed by atoms with Gasteiger partial charge in [0, 0.05) is 3.57 Å². The SMILES string of the molecule is Cc1ccc(-n2nccn2)c(I)c1. The molecule has 2 rings (SSSR count). The van der Waals surface area contributed by atoms with Crippen LogP contribution in [0.3, 0.4) is 0 Å². The fourth-order valence-corrected chi connectivity index (χ4v) is 2.00. The fourth-order valence-electron chi connectivity index (χ4n) is 1.11. The topological polar surface area (TPSA) is 30.7 Å². The zero-order valence-electron chi connectivity index (χ0n) is 7.11. The molecule has 0 saturated carbocycles. The molecule has 1 heterocycles. The molecule has 1 aromatic heterocycles. The number of nitrogens with zero attached hydrogens (tertiary/aromatic N) is 3. The highest BCUT2D eigenvalue weighted by atomic mass is 127. The van der Waals surface area contributed by atoms with E-state index in [9.17, 15) is 0 Å². The van der Waals surface area contributed by atoms with Crippen LogP contribution in [0.1, 0.15) is 5.56 Å². The van der Waals surface area contributed by atoms with Gasteiger partial charge in [-0.15, -0.1) is 0 Å². The number of benzene rings is 1. The second kappa shape index (κ2) is 3.45. The highest BCUT2D eigenvalue weighted by Crippen LogP contribution is 2.16. The van der Waals surface area contributed by atoms with Crippen molar-refractivity contribution in [2.24, 2.45) is 0 Å². The first-order chi connectivity index (χ1) is 6.27. The quantitative estimate of drug-likeness (QED) is 0.752. The van der Waals surface area contributed by atoms with Crippen molar-refractivity contribution in [3.63, 3.8) is 0 Å². The minimum absolute atomic E-state index is 1.02. The van der Waals surface area contributed by atoms with E-state index < -0.39 is 0 Å². The minimum atomic E-state index is 1.02. The summed E-state index contributed by atoms with van der Waals surface area (Å²) in [6.45, 7) is 2.07. The zero-order chi connectivity index (χ0) is 9.26. The van der Waals surface area contributed by atoms with E-state index in [-0.39, 0.29) is 0 Å². The maximum absolute atomic E-state index is 4.08. The predicted octanol–water partition coefficient (Wildman–Crippen LogP) is 2.18. The average molecular weight is 285 g/mol. The second-order valence-corrected chi connectivity index (χ2v) is 3.94. The molecule has 0 N–H and O–H groups in total. The Morgan fingerprint density at radius 3 is 2.54 bits per heavy atom. The van der Waals surface area contributed by atoms with Crippen LogP contribution in [0.4, 0.5) is 0 Å². The molecule has 0 bridgehead atoms. The van der Waals surface area contributed by atoms with Crippen LogP contribution in [-0.2, 0) is 0 Å². The first-order valence-electron chi connectivity index (χ1n) is 3.90. The molecular weight excluding hydrogens is 277 g/mol. The van der Waals surface area contributed by atoms with Crippen LogP contribution in [0.5, 0.6) is 0 Å². The summed E-state index contributed by atoms with van der Waals surface area (Å²) in [4.78, 5) is 1.63. The van der Waals surface area contributed by atoms with Crippen molar-refractivity contribution in [1.82, 2.24) is 15.0 Å². The minimum Gasteiger partial charge on any atom is -0.157 e. The standard InChI is InChI=1S/C9H8IN3/c1-7-2-3-9(8(10)6-7)13-11-4-5-12-13/h2-6H,1H3. The van der Waals surface area contributed by atoms with Crippen molar-refractivity contribution in [1.29, 1.82) is 0 Å². The molecule has 0 aliphatic heterocycles. The molecule has 0 aliphatic carbocycles. The van der Waals surface area contributed by atoms with Crippen LogP contribution in [0, 0.1) is 10.5 Å². The summed E-state index contributed by atoms with van der Waals surface area (Å²) in [6.07, 6.45) is 3.35. The molecule has 66 valence electrons. The second-order valence-electron chi connectivity index (χ2n) is 2.77. The average Bonchev–Trinajstić information content (AvgIpc) is 2.56. The van der Waals surface area contributed by atoms with Crippen LogP contribution < -0.4 is 0 Å². The van der Waals surface area contributed by atoms with Crippen LogP contribution in [0.15, 0.2) is 30.6 Å². The first-order valence-corrected chi connectivity index (χ1v) is 4.98. The molecule has 13 heavy (non-hydrogen) atoms. The Labute approximate surface area is 89.9 Å². The summed E-state index contributed by atoms with van der Waals surface area (Å²) >= 11 is 2.29. The Morgan fingerprint density at radius 2 is 1.92 bits per heavy atom. The molecule has 2 aromatic rings. The van der Waals surface area contributed by atoms with E-state index in [4.69, 9.17) is 0 Å². The number of rotatable bonds is 1. The van der Waals surface area contributed by atoms with Gasteiger partial charge in [-0.2, -0.15) is 15.0 Å². The van der Waals surface area contributed by atoms with Gasteiger partial charge in [-0.1, -0.05) is 6.07 Å². The van der Waals surface area contributed by atoms with Gasteiger partial charge >= 0.3 is 0 Å². The van der Waals surface area contributed by atoms with E-state index in [2.05, 4.69) is 51.8 Å². The van der Waals surface area contributed by atoms with Gasteiger partial charge in [-0.25, -0.2) is 0 Å². The van der Waals surface area contributed by atoms with Gasteiger partial charge in [0.05, 0.1) is 18.1 Å². The molecule has 0 amide bonds. The van der Waals surface area contributed by atoms with Crippen molar-refractivity contribution >= 4 is 22.6 Å². The molecule has 3 nitrogen and oxygen atoms in total. The molecule has 1 aromatic carbocycles. The summed E-state index contributed by atoms with van der Waals surface area (Å²) in [5.74, 6) is 0. The number of hydrogen-bond donors (Lipinski definition) is 0. The monoisotopic (exact) mass is 285 g/mol. The third kappa shape index (κ3) is 1.72. The lowest BCUT2D eigenvalue weighted by atomic mass is 10.2. The fraction of sp³-hybridized carbons (Fsp3) is 0.111. The molecule has 0 atom stereocenters. The smallest absolute Gasteiger partial charge is 0.0990 e. The molecule has 0 radical (unpaired) electrons. The van der Waals surface area contributed by atoms with E-state index in [1.54, 1.807) is 17.2 Å². The Bertz CT molecular complexity index is 409. The lowest BCUT2D eigenvalue weighted by Crippen LogP contribution is -2.00. The van der Waals surface area contributed by atoms with Crippen molar-refractivity contribution in [2.45, 2.75) is 6.92 Å². The van der Waals surface area contributed by atoms with Crippen molar-refractivity contribution < 1.29 is 0 Å². The highest BCUT2D eigenvalue weighted by molar-refractivity contribution is 14.1. The van der Waals surface area contributed by atoms with Crippen LogP contribution >= 0.6 is 22.6 Å². The molecular formula is C9H8IN3. The molecule has 0 fully saturated rings. The molecule has 0 aliphatic rings. The van der Waals surface area contributed by atoms with Gasteiger partial charge in [0.25, 0.3) is 0 Å². The number of aryl methyl sites for hydroxylation is 1. The predicted molar refractivity (Wildman–Crippen MR) is 58.8 cm³/mol. The van der Waals surface area contributed by atoms with Gasteiger partial charge in [0.1, 0.15) is 0 Å². The Morgan fingerprint density at radius 1 is 1.23 bits per heavy atom. The van der Waals surface area contributed by atoms with Gasteiger partial charge in [-0.05, 0) is 47.2 Å². The van der Waals surface area contributed by atoms with E-state index in [0.29, 0.717) is 0 Å². The maximum Gasteiger partial charge on any atom is 0.0990 e. The lowest BCUT2D eigenvalue weighted by molar-refractivity contribution is 0.748. The lowest BCUT2D eigenvalue weighted by Gasteiger charge is -2.03. The van der Waals surface area contributed by atoms with Crippen LogP contribution in [-0.4, -0.2) is 15.0 Å². The Hall–Kier alpha value is -0.910. The zero-order valence-corrected chi connectivity index (χ0v) is 9.26. The molecule has 0 unspecified atom stereocenters. The van der Waals surface area contributed by atoms with E-state index in [1.165, 1.54) is 5.56 Å². The summed E-state index contributed by atoms with van der Waals surface area (Å²) in [5, 5.41) is 8.16. The third-order valence-corrected chi connectivity index (χ3v) is 2.60. The molecule has 0 spiro atoms. The summed E-state index contributed by atoms with van der Waals surface area (Å²) in [5.41, 5.74) is 2.27. The number of hydrogen-bond acceptors (Lipinski definition) is 2. The third-order valence-electron chi connectivity index (χ3n) is 1.74. The summed E-state index contributed by atoms with van der Waals surface area (Å²) in [6, 6.07) is 6.19. The number of aromatic nitrogens is 3. The number of halogens is 1. The highest BCUT2D eigenvalue weighted by Gasteiger charge is 2.02. The van der Waals surface area contributed by atoms with Crippen molar-refractivity contribution in [2.75, 3.05) is 0 Å². The van der Waals surface area contributed by atoms with E-state index >= 15 is 0 Å². The normalized spacial score (nSPS) is 10.3. The Balaban J connectivity index is 2.53. The van der Waals surface area contributed by atoms with Crippen LogP contribution in [0.25, 0.3) is 5.69 Å². The summed E-state index contributed by atoms with van der Waals surface area (Å²) in [7, 11) is 0. The maximum atomic E-state index is 4.08. The molecule has 4 heteroatoms. The Kier molecular flexibility index (Phi) is 2.30. The van der Waals surface area contributed by atoms with E-state index in [0.717, 1.165) is 9.26 Å². The van der Waals surface area contributed by atoms with Crippen LogP contribution in [0.2, 0.25) is 0 Å². The van der Waals surface area contributed by atoms with Gasteiger partial charge in [-0.3, -0.25) is 0 Å². The van der Waals surface area contributed by atoms with Gasteiger partial charge in [0.2, 0.25) is 0 Å². The van der Waals surface area contributed by atoms with Crippen molar-refractivity contribution in [3.8, 4) is 5.69 Å². The van der Waals surface area contributed by atoms with E-state index in [1.807, 2.05) is 6.07 Å². The first kappa shape index (κ1) is 8.68.